The largest absolute Gasteiger partial charge is 0.483 e. The number of nitrogens with one attached hydrogen (secondary N) is 1. The van der Waals surface area contributed by atoms with E-state index in [-0.39, 0.29) is 25.0 Å². The van der Waals surface area contributed by atoms with Crippen LogP contribution in [0.4, 0.5) is 0 Å². The van der Waals surface area contributed by atoms with E-state index in [1.165, 1.54) is 0 Å². The Morgan fingerprint density at radius 1 is 1.00 bits per heavy atom. The maximum Gasteiger partial charge on any atom is 0.261 e. The molecule has 0 bridgehead atoms. The molecule has 0 saturated heterocycles. The minimum atomic E-state index is -0.725. The lowest BCUT2D eigenvalue weighted by molar-refractivity contribution is -0.143. The maximum atomic E-state index is 13.7. The van der Waals surface area contributed by atoms with Crippen molar-refractivity contribution in [2.45, 2.75) is 52.2 Å². The van der Waals surface area contributed by atoms with Gasteiger partial charge in [0, 0.05) is 23.5 Å². The Balaban J connectivity index is 1.94. The van der Waals surface area contributed by atoms with Crippen LogP contribution in [-0.2, 0) is 22.6 Å². The quantitative estimate of drug-likeness (QED) is 0.326. The molecule has 0 radical (unpaired) electrons. The Bertz CT molecular complexity index is 1190. The predicted octanol–water partition coefficient (Wildman–Crippen LogP) is 6.34. The summed E-state index contributed by atoms with van der Waals surface area (Å²) in [5.41, 5.74) is 2.54. The van der Waals surface area contributed by atoms with Crippen molar-refractivity contribution >= 4 is 39.3 Å². The van der Waals surface area contributed by atoms with Gasteiger partial charge in [-0.05, 0) is 73.0 Å². The van der Waals surface area contributed by atoms with Gasteiger partial charge in [0.2, 0.25) is 5.91 Å². The number of amides is 2. The molecule has 3 rings (SSSR count). The molecule has 0 aromatic heterocycles. The molecular formula is C29H32BrClN2O3. The van der Waals surface area contributed by atoms with E-state index in [9.17, 15) is 9.59 Å². The standard InChI is InChI=1S/C29H32BrClN2O3/c1-20-9-8-12-22(15-20)18-33(27(34)19-36-26-14-13-23(31)17-24(26)30)25(28(35)32-29(2,3)4)16-21-10-6-5-7-11-21/h5-15,17,25H,16,18-19H2,1-4H3,(H,32,35)/t25-/m1/s1. The molecule has 3 aromatic carbocycles. The van der Waals surface area contributed by atoms with Crippen molar-refractivity contribution in [2.24, 2.45) is 0 Å². The molecule has 0 aliphatic carbocycles. The number of hydrogen-bond donors (Lipinski definition) is 1. The number of aryl methyl sites for hydroxylation is 1. The molecule has 0 aliphatic heterocycles. The van der Waals surface area contributed by atoms with Crippen molar-refractivity contribution in [1.82, 2.24) is 10.2 Å². The third-order valence-electron chi connectivity index (χ3n) is 5.45. The highest BCUT2D eigenvalue weighted by Crippen LogP contribution is 2.28. The number of rotatable bonds is 9. The molecule has 190 valence electrons. The fourth-order valence-electron chi connectivity index (χ4n) is 3.83. The van der Waals surface area contributed by atoms with Gasteiger partial charge in [0.05, 0.1) is 4.47 Å². The van der Waals surface area contributed by atoms with Gasteiger partial charge in [-0.15, -0.1) is 0 Å². The average Bonchev–Trinajstić information content (AvgIpc) is 2.80. The summed E-state index contributed by atoms with van der Waals surface area (Å²) in [6, 6.07) is 22.1. The van der Waals surface area contributed by atoms with Gasteiger partial charge in [-0.1, -0.05) is 71.8 Å². The monoisotopic (exact) mass is 570 g/mol. The summed E-state index contributed by atoms with van der Waals surface area (Å²) >= 11 is 9.46. The number of benzene rings is 3. The molecule has 1 N–H and O–H groups in total. The van der Waals surface area contributed by atoms with Crippen molar-refractivity contribution in [2.75, 3.05) is 6.61 Å². The number of nitrogens with zero attached hydrogens (tertiary/aromatic N) is 1. The maximum absolute atomic E-state index is 13.7. The molecule has 3 aromatic rings. The number of hydrogen-bond acceptors (Lipinski definition) is 3. The van der Waals surface area contributed by atoms with E-state index in [1.807, 2.05) is 82.3 Å². The zero-order valence-electron chi connectivity index (χ0n) is 21.1. The minimum Gasteiger partial charge on any atom is -0.483 e. The highest BCUT2D eigenvalue weighted by atomic mass is 79.9. The van der Waals surface area contributed by atoms with Crippen LogP contribution in [0.1, 0.15) is 37.5 Å². The summed E-state index contributed by atoms with van der Waals surface area (Å²) in [4.78, 5) is 28.8. The van der Waals surface area contributed by atoms with Gasteiger partial charge >= 0.3 is 0 Å². The topological polar surface area (TPSA) is 58.6 Å². The molecule has 7 heteroatoms. The molecule has 36 heavy (non-hydrogen) atoms. The predicted molar refractivity (Wildman–Crippen MR) is 148 cm³/mol. The lowest BCUT2D eigenvalue weighted by Gasteiger charge is -2.34. The van der Waals surface area contributed by atoms with Crippen molar-refractivity contribution in [3.63, 3.8) is 0 Å². The third kappa shape index (κ3) is 8.38. The summed E-state index contributed by atoms with van der Waals surface area (Å²) in [5.74, 6) is 0.00499. The van der Waals surface area contributed by atoms with E-state index in [4.69, 9.17) is 16.3 Å². The van der Waals surface area contributed by atoms with E-state index in [1.54, 1.807) is 23.1 Å². The van der Waals surface area contributed by atoms with Crippen molar-refractivity contribution in [1.29, 1.82) is 0 Å². The molecule has 0 fully saturated rings. The van der Waals surface area contributed by atoms with E-state index in [0.29, 0.717) is 21.7 Å². The first-order valence-electron chi connectivity index (χ1n) is 11.8. The summed E-state index contributed by atoms with van der Waals surface area (Å²) in [7, 11) is 0. The summed E-state index contributed by atoms with van der Waals surface area (Å²) in [6.45, 7) is 7.85. The SMILES string of the molecule is Cc1cccc(CN(C(=O)COc2ccc(Cl)cc2Br)[C@H](Cc2ccccc2)C(=O)NC(C)(C)C)c1. The molecular weight excluding hydrogens is 540 g/mol. The van der Waals surface area contributed by atoms with Crippen LogP contribution in [0.15, 0.2) is 77.3 Å². The Labute approximate surface area is 226 Å². The zero-order valence-corrected chi connectivity index (χ0v) is 23.4. The first kappa shape index (κ1) is 27.8. The van der Waals surface area contributed by atoms with Crippen LogP contribution < -0.4 is 10.1 Å². The van der Waals surface area contributed by atoms with Crippen LogP contribution in [0.2, 0.25) is 5.02 Å². The van der Waals surface area contributed by atoms with Crippen LogP contribution in [0.25, 0.3) is 0 Å². The van der Waals surface area contributed by atoms with E-state index in [2.05, 4.69) is 21.2 Å². The number of ether oxygens (including phenoxy) is 1. The zero-order chi connectivity index (χ0) is 26.3. The van der Waals surface area contributed by atoms with Crippen LogP contribution in [0.3, 0.4) is 0 Å². The molecule has 0 saturated carbocycles. The van der Waals surface area contributed by atoms with Gasteiger partial charge < -0.3 is 15.0 Å². The molecule has 1 atom stereocenters. The Morgan fingerprint density at radius 3 is 2.33 bits per heavy atom. The lowest BCUT2D eigenvalue weighted by Crippen LogP contribution is -2.55. The first-order valence-corrected chi connectivity index (χ1v) is 13.0. The van der Waals surface area contributed by atoms with E-state index >= 15 is 0 Å². The molecule has 2 amide bonds. The Hall–Kier alpha value is -2.83. The smallest absolute Gasteiger partial charge is 0.261 e. The average molecular weight is 572 g/mol. The fourth-order valence-corrected chi connectivity index (χ4v) is 4.63. The molecule has 0 unspecified atom stereocenters. The Kier molecular flexibility index (Phi) is 9.57. The number of carbonyl (C=O) groups is 2. The second-order valence-electron chi connectivity index (χ2n) is 9.82. The van der Waals surface area contributed by atoms with Crippen LogP contribution in [0, 0.1) is 6.92 Å². The number of carbonyl (C=O) groups excluding carboxylic acids is 2. The summed E-state index contributed by atoms with van der Waals surface area (Å²) in [6.07, 6.45) is 0.380. The van der Waals surface area contributed by atoms with Gasteiger partial charge in [-0.25, -0.2) is 0 Å². The van der Waals surface area contributed by atoms with E-state index in [0.717, 1.165) is 16.7 Å². The first-order chi connectivity index (χ1) is 17.0. The van der Waals surface area contributed by atoms with Crippen molar-refractivity contribution < 1.29 is 14.3 Å². The van der Waals surface area contributed by atoms with Gasteiger partial charge in [0.15, 0.2) is 6.61 Å². The summed E-state index contributed by atoms with van der Waals surface area (Å²) in [5, 5.41) is 3.62. The van der Waals surface area contributed by atoms with Gasteiger partial charge in [0.1, 0.15) is 11.8 Å². The van der Waals surface area contributed by atoms with Crippen molar-refractivity contribution in [3.8, 4) is 5.75 Å². The Morgan fingerprint density at radius 2 is 1.69 bits per heavy atom. The third-order valence-corrected chi connectivity index (χ3v) is 6.30. The highest BCUT2D eigenvalue weighted by molar-refractivity contribution is 9.10. The second-order valence-corrected chi connectivity index (χ2v) is 11.1. The highest BCUT2D eigenvalue weighted by Gasteiger charge is 2.32. The van der Waals surface area contributed by atoms with Crippen LogP contribution in [0.5, 0.6) is 5.75 Å². The summed E-state index contributed by atoms with van der Waals surface area (Å²) < 4.78 is 6.50. The van der Waals surface area contributed by atoms with E-state index < -0.39 is 11.6 Å². The van der Waals surface area contributed by atoms with Gasteiger partial charge in [0.25, 0.3) is 5.91 Å². The lowest BCUT2D eigenvalue weighted by atomic mass is 10.0. The normalized spacial score (nSPS) is 12.1. The molecule has 0 spiro atoms. The van der Waals surface area contributed by atoms with Crippen molar-refractivity contribution in [3.05, 3.63) is 99.0 Å². The van der Waals surface area contributed by atoms with Crippen LogP contribution in [-0.4, -0.2) is 34.9 Å². The molecule has 0 aliphatic rings. The fraction of sp³-hybridized carbons (Fsp3) is 0.310. The van der Waals surface area contributed by atoms with Crippen LogP contribution >= 0.6 is 27.5 Å². The molecule has 0 heterocycles. The number of halogens is 2. The minimum absolute atomic E-state index is 0.208. The van der Waals surface area contributed by atoms with Gasteiger partial charge in [-0.2, -0.15) is 0 Å². The van der Waals surface area contributed by atoms with Gasteiger partial charge in [-0.3, -0.25) is 9.59 Å². The molecule has 5 nitrogen and oxygen atoms in total. The second kappa shape index (κ2) is 12.4.